The second-order valence-electron chi connectivity index (χ2n) is 4.42. The van der Waals surface area contributed by atoms with Gasteiger partial charge in [-0.15, -0.1) is 0 Å². The molecule has 0 radical (unpaired) electrons. The molecule has 0 amide bonds. The number of ketones is 1. The van der Waals surface area contributed by atoms with E-state index in [1.807, 2.05) is 0 Å². The maximum absolute atomic E-state index is 12.0. The van der Waals surface area contributed by atoms with E-state index >= 15 is 0 Å². The molecule has 0 spiro atoms. The lowest BCUT2D eigenvalue weighted by atomic mass is 10.0. The van der Waals surface area contributed by atoms with E-state index in [0.717, 1.165) is 0 Å². The SMILES string of the molecule is C=C(C)C(=O)OCCCC(=O)C(C(=O)OCC)C(=O)OCC. The molecule has 0 atom stereocenters. The molecular weight excluding hydrogens is 292 g/mol. The van der Waals surface area contributed by atoms with Crippen LogP contribution in [0.4, 0.5) is 0 Å². The van der Waals surface area contributed by atoms with E-state index in [0.29, 0.717) is 0 Å². The number of hydrogen-bond donors (Lipinski definition) is 0. The fraction of sp³-hybridized carbons (Fsp3) is 0.600. The van der Waals surface area contributed by atoms with Crippen LogP contribution in [0.3, 0.4) is 0 Å². The second-order valence-corrected chi connectivity index (χ2v) is 4.42. The van der Waals surface area contributed by atoms with Gasteiger partial charge in [-0.25, -0.2) is 4.79 Å². The zero-order valence-electron chi connectivity index (χ0n) is 13.2. The molecule has 0 aliphatic heterocycles. The quantitative estimate of drug-likeness (QED) is 0.196. The van der Waals surface area contributed by atoms with Crippen LogP contribution in [0.25, 0.3) is 0 Å². The molecule has 0 aromatic rings. The zero-order valence-corrected chi connectivity index (χ0v) is 13.2. The normalized spacial score (nSPS) is 10.0. The summed E-state index contributed by atoms with van der Waals surface area (Å²) in [6.07, 6.45) is 0.0823. The molecule has 0 aromatic heterocycles. The van der Waals surface area contributed by atoms with Gasteiger partial charge in [0.2, 0.25) is 5.92 Å². The first-order chi connectivity index (χ1) is 10.3. The molecule has 7 heteroatoms. The molecule has 22 heavy (non-hydrogen) atoms. The maximum atomic E-state index is 12.0. The number of ether oxygens (including phenoxy) is 3. The van der Waals surface area contributed by atoms with Crippen molar-refractivity contribution in [1.29, 1.82) is 0 Å². The smallest absolute Gasteiger partial charge is 0.333 e. The van der Waals surface area contributed by atoms with Crippen LogP contribution in [-0.2, 0) is 33.4 Å². The predicted octanol–water partition coefficient (Wildman–Crippen LogP) is 1.20. The van der Waals surface area contributed by atoms with Gasteiger partial charge in [0.15, 0.2) is 5.78 Å². The van der Waals surface area contributed by atoms with E-state index in [1.165, 1.54) is 6.92 Å². The van der Waals surface area contributed by atoms with Crippen LogP contribution in [0.2, 0.25) is 0 Å². The Kier molecular flexibility index (Phi) is 9.49. The molecule has 0 aromatic carbocycles. The number of esters is 3. The number of hydrogen-bond acceptors (Lipinski definition) is 7. The highest BCUT2D eigenvalue weighted by Crippen LogP contribution is 2.10. The van der Waals surface area contributed by atoms with Gasteiger partial charge in [-0.1, -0.05) is 6.58 Å². The highest BCUT2D eigenvalue weighted by atomic mass is 16.6. The van der Waals surface area contributed by atoms with Gasteiger partial charge in [-0.3, -0.25) is 14.4 Å². The van der Waals surface area contributed by atoms with Gasteiger partial charge in [0.1, 0.15) is 0 Å². The van der Waals surface area contributed by atoms with Gasteiger partial charge in [0.05, 0.1) is 19.8 Å². The summed E-state index contributed by atoms with van der Waals surface area (Å²) in [7, 11) is 0. The van der Waals surface area contributed by atoms with Gasteiger partial charge in [-0.05, 0) is 27.2 Å². The highest BCUT2D eigenvalue weighted by Gasteiger charge is 2.36. The number of carbonyl (C=O) groups is 4. The molecule has 0 bridgehead atoms. The van der Waals surface area contributed by atoms with E-state index in [4.69, 9.17) is 14.2 Å². The second kappa shape index (κ2) is 10.5. The molecule has 0 saturated heterocycles. The summed E-state index contributed by atoms with van der Waals surface area (Å²) in [6, 6.07) is 0. The summed E-state index contributed by atoms with van der Waals surface area (Å²) in [5, 5.41) is 0. The van der Waals surface area contributed by atoms with Crippen LogP contribution < -0.4 is 0 Å². The van der Waals surface area contributed by atoms with Crippen molar-refractivity contribution in [3.05, 3.63) is 12.2 Å². The van der Waals surface area contributed by atoms with Crippen molar-refractivity contribution < 1.29 is 33.4 Å². The Morgan fingerprint density at radius 1 is 0.955 bits per heavy atom. The summed E-state index contributed by atoms with van der Waals surface area (Å²) < 4.78 is 14.2. The van der Waals surface area contributed by atoms with Crippen molar-refractivity contribution >= 4 is 23.7 Å². The summed E-state index contributed by atoms with van der Waals surface area (Å²) in [5.41, 5.74) is 0.252. The Morgan fingerprint density at radius 2 is 1.45 bits per heavy atom. The first kappa shape index (κ1) is 19.8. The third kappa shape index (κ3) is 7.01. The molecule has 0 aliphatic carbocycles. The summed E-state index contributed by atoms with van der Waals surface area (Å²) in [4.78, 5) is 46.5. The Labute approximate surface area is 129 Å². The summed E-state index contributed by atoms with van der Waals surface area (Å²) in [6.45, 7) is 8.17. The lowest BCUT2D eigenvalue weighted by molar-refractivity contribution is -0.164. The van der Waals surface area contributed by atoms with Gasteiger partial charge in [0, 0.05) is 12.0 Å². The molecule has 0 unspecified atom stereocenters. The average molecular weight is 314 g/mol. The van der Waals surface area contributed by atoms with Crippen LogP contribution in [0.15, 0.2) is 12.2 Å². The molecule has 0 rings (SSSR count). The molecule has 0 N–H and O–H groups in total. The number of rotatable bonds is 10. The molecular formula is C15H22O7. The molecule has 0 aliphatic rings. The summed E-state index contributed by atoms with van der Waals surface area (Å²) >= 11 is 0. The molecule has 7 nitrogen and oxygen atoms in total. The zero-order chi connectivity index (χ0) is 17.1. The van der Waals surface area contributed by atoms with Crippen LogP contribution in [0.1, 0.15) is 33.6 Å². The van der Waals surface area contributed by atoms with Gasteiger partial charge < -0.3 is 14.2 Å². The Bertz CT molecular complexity index is 421. The summed E-state index contributed by atoms with van der Waals surface area (Å²) in [5.74, 6) is -4.62. The van der Waals surface area contributed by atoms with Crippen LogP contribution >= 0.6 is 0 Å². The number of carbonyl (C=O) groups excluding carboxylic acids is 4. The first-order valence-electron chi connectivity index (χ1n) is 7.03. The van der Waals surface area contributed by atoms with Crippen LogP contribution in [-0.4, -0.2) is 43.5 Å². The standard InChI is InChI=1S/C15H22O7/c1-5-20-14(18)12(15(19)21-6-2)11(16)8-7-9-22-13(17)10(3)4/h12H,3,5-9H2,1-2,4H3. The molecule has 0 saturated carbocycles. The highest BCUT2D eigenvalue weighted by molar-refractivity contribution is 6.14. The Morgan fingerprint density at radius 3 is 1.86 bits per heavy atom. The van der Waals surface area contributed by atoms with Crippen LogP contribution in [0.5, 0.6) is 0 Å². The number of Topliss-reactive ketones (excluding diaryl/α,β-unsaturated/α-hetero) is 1. The van der Waals surface area contributed by atoms with Crippen LogP contribution in [0, 0.1) is 5.92 Å². The van der Waals surface area contributed by atoms with E-state index < -0.39 is 29.6 Å². The fourth-order valence-electron chi connectivity index (χ4n) is 1.49. The topological polar surface area (TPSA) is 96.0 Å². The maximum Gasteiger partial charge on any atom is 0.333 e. The van der Waals surface area contributed by atoms with E-state index in [1.54, 1.807) is 13.8 Å². The first-order valence-corrected chi connectivity index (χ1v) is 7.03. The van der Waals surface area contributed by atoms with Gasteiger partial charge >= 0.3 is 17.9 Å². The molecule has 0 heterocycles. The Hall–Kier alpha value is -2.18. The van der Waals surface area contributed by atoms with E-state index in [9.17, 15) is 19.2 Å². The van der Waals surface area contributed by atoms with Gasteiger partial charge in [0.25, 0.3) is 0 Å². The third-order valence-electron chi connectivity index (χ3n) is 2.52. The minimum atomic E-state index is -1.59. The fourth-order valence-corrected chi connectivity index (χ4v) is 1.49. The Balaban J connectivity index is 4.51. The lowest BCUT2D eigenvalue weighted by Gasteiger charge is -2.13. The van der Waals surface area contributed by atoms with E-state index in [2.05, 4.69) is 6.58 Å². The average Bonchev–Trinajstić information content (AvgIpc) is 2.44. The van der Waals surface area contributed by atoms with Crippen molar-refractivity contribution in [3.63, 3.8) is 0 Å². The van der Waals surface area contributed by atoms with E-state index in [-0.39, 0.29) is 38.2 Å². The molecule has 0 fully saturated rings. The van der Waals surface area contributed by atoms with Gasteiger partial charge in [-0.2, -0.15) is 0 Å². The predicted molar refractivity (Wildman–Crippen MR) is 76.8 cm³/mol. The van der Waals surface area contributed by atoms with Crippen molar-refractivity contribution in [3.8, 4) is 0 Å². The third-order valence-corrected chi connectivity index (χ3v) is 2.52. The van der Waals surface area contributed by atoms with Crippen molar-refractivity contribution in [2.45, 2.75) is 33.6 Å². The monoisotopic (exact) mass is 314 g/mol. The molecule has 124 valence electrons. The van der Waals surface area contributed by atoms with Crippen molar-refractivity contribution in [1.82, 2.24) is 0 Å². The van der Waals surface area contributed by atoms with Crippen molar-refractivity contribution in [2.24, 2.45) is 5.92 Å². The minimum Gasteiger partial charge on any atom is -0.465 e. The minimum absolute atomic E-state index is 0.00416. The lowest BCUT2D eigenvalue weighted by Crippen LogP contribution is -2.35. The largest absolute Gasteiger partial charge is 0.465 e. The van der Waals surface area contributed by atoms with Crippen molar-refractivity contribution in [2.75, 3.05) is 19.8 Å².